The zero-order valence-corrected chi connectivity index (χ0v) is 37.5. The summed E-state index contributed by atoms with van der Waals surface area (Å²) in [6.45, 7) is 6.69. The molecule has 0 bridgehead atoms. The van der Waals surface area contributed by atoms with E-state index >= 15 is 0 Å². The van der Waals surface area contributed by atoms with Gasteiger partial charge in [0.25, 0.3) is 0 Å². The number of aromatic nitrogens is 4. The average Bonchev–Trinajstić information content (AvgIpc) is 3.74. The fraction of sp³-hybridized carbons (Fsp3) is 0.265. The van der Waals surface area contributed by atoms with Crippen LogP contribution in [-0.4, -0.2) is 27.4 Å². The average molecular weight is 978 g/mol. The van der Waals surface area contributed by atoms with Crippen molar-refractivity contribution in [1.29, 1.82) is 0 Å². The first-order valence-corrected chi connectivity index (χ1v) is 27.3. The van der Waals surface area contributed by atoms with Crippen LogP contribution in [0.4, 0.5) is 0 Å². The van der Waals surface area contributed by atoms with Gasteiger partial charge in [-0.3, -0.25) is 0 Å². The van der Waals surface area contributed by atoms with Crippen LogP contribution < -0.4 is 9.30 Å². The molecule has 0 aliphatic heterocycles. The normalized spacial score (nSPS) is 16.3. The largest absolute Gasteiger partial charge is 2.00 e. The quantitative estimate of drug-likeness (QED) is 0.0906. The van der Waals surface area contributed by atoms with Crippen molar-refractivity contribution in [2.24, 2.45) is 0 Å². The van der Waals surface area contributed by atoms with Gasteiger partial charge in [-0.2, -0.15) is 12.1 Å². The molecule has 0 amide bonds. The molecule has 8 aromatic rings. The van der Waals surface area contributed by atoms with Crippen LogP contribution in [0.15, 0.2) is 128 Å². The second kappa shape index (κ2) is 15.1. The molecule has 9 rings (SSSR count). The molecule has 5 nitrogen and oxygen atoms in total. The van der Waals surface area contributed by atoms with Crippen LogP contribution in [0.2, 0.25) is 22.0 Å². The summed E-state index contributed by atoms with van der Waals surface area (Å²) in [5, 5.41) is 2.26. The first-order valence-electron chi connectivity index (χ1n) is 19.8. The predicted octanol–water partition coefficient (Wildman–Crippen LogP) is 12.5. The molecule has 7 heteroatoms. The maximum Gasteiger partial charge on any atom is 2.00 e. The number of fused-ring (bicyclic) bond motifs is 4. The van der Waals surface area contributed by atoms with E-state index in [1.165, 1.54) is 36.8 Å². The molecule has 1 fully saturated rings. The Morgan fingerprint density at radius 2 is 1.45 bits per heavy atom. The maximum atomic E-state index is 6.55. The summed E-state index contributed by atoms with van der Waals surface area (Å²) in [5.41, 5.74) is 9.04. The molecule has 284 valence electrons. The van der Waals surface area contributed by atoms with Crippen molar-refractivity contribution in [3.63, 3.8) is 0 Å². The smallest absolute Gasteiger partial charge is 0.165 e. The van der Waals surface area contributed by atoms with Gasteiger partial charge in [0.2, 0.25) is 0 Å². The summed E-state index contributed by atoms with van der Waals surface area (Å²) >= 11 is -1.59. The molecule has 0 spiro atoms. The van der Waals surface area contributed by atoms with Gasteiger partial charge in [-0.05, 0) is 34.6 Å². The van der Waals surface area contributed by atoms with Gasteiger partial charge in [-0.25, -0.2) is 4.98 Å². The number of hydrogen-bond acceptors (Lipinski definition) is 2. The summed E-state index contributed by atoms with van der Waals surface area (Å²) in [4.78, 5) is 4.83. The summed E-state index contributed by atoms with van der Waals surface area (Å²) in [6, 6.07) is 48.0. The van der Waals surface area contributed by atoms with Crippen molar-refractivity contribution in [2.45, 2.75) is 79.8 Å². The zero-order valence-electron chi connectivity index (χ0n) is 33.1. The van der Waals surface area contributed by atoms with Crippen molar-refractivity contribution in [3.8, 4) is 28.7 Å². The van der Waals surface area contributed by atoms with Gasteiger partial charge in [0.1, 0.15) is 5.82 Å². The molecular weight excluding hydrogens is 928 g/mol. The molecule has 1 saturated carbocycles. The Labute approximate surface area is 348 Å². The number of para-hydroxylation sites is 3. The fourth-order valence-corrected chi connectivity index (χ4v) is 13.0. The SMILES string of the molecule is CC(C)(C)c1ccnc(-n2c3[c-]c(Oc4[c-]c(-n5c[n+](-c6ccc(C7CC[CH]([Ge]([CH3])([CH3])[CH3])CC7)cc6)c6ccccc65)ccc4)ccc3c3ccccc32)c1.[Pt+2]. The van der Waals surface area contributed by atoms with Crippen molar-refractivity contribution >= 4 is 46.1 Å². The Hall–Kier alpha value is -4.45. The number of pyridine rings is 1. The first-order chi connectivity index (χ1) is 26.5. The first kappa shape index (κ1) is 38.4. The molecule has 0 saturated heterocycles. The maximum absolute atomic E-state index is 6.55. The monoisotopic (exact) mass is 978 g/mol. The van der Waals surface area contributed by atoms with Gasteiger partial charge in [0.05, 0.1) is 0 Å². The number of hydrogen-bond donors (Lipinski definition) is 0. The van der Waals surface area contributed by atoms with E-state index in [-0.39, 0.29) is 26.5 Å². The third-order valence-electron chi connectivity index (χ3n) is 11.9. The van der Waals surface area contributed by atoms with Crippen LogP contribution in [0.25, 0.3) is 50.0 Å². The number of benzene rings is 5. The molecule has 3 aromatic heterocycles. The van der Waals surface area contributed by atoms with E-state index in [4.69, 9.17) is 9.72 Å². The molecule has 56 heavy (non-hydrogen) atoms. The van der Waals surface area contributed by atoms with E-state index in [1.54, 1.807) is 0 Å². The number of ether oxygens (including phenoxy) is 1. The topological polar surface area (TPSA) is 35.9 Å². The molecule has 5 aromatic carbocycles. The summed E-state index contributed by atoms with van der Waals surface area (Å²) in [5.74, 6) is 10.5. The Balaban J connectivity index is 0.00000441. The molecule has 0 atom stereocenters. The molecule has 1 aliphatic carbocycles. The van der Waals surface area contributed by atoms with Crippen molar-refractivity contribution in [2.75, 3.05) is 0 Å². The standard InChI is InChI=1S/C49H49GeN4O.Pt/c1-49(2,3)36-28-29-51-48(30-36)54-44-15-8-7-14-42(44)43-27-26-41(32-47(43)54)55-40-13-11-12-39(31-40)53-33-52(45-16-9-10-17-46(45)53)38-24-20-35(21-25-38)34-18-22-37(23-19-34)50(4,5)6;/h7-17,20-21,24-30,33-34,37H,18-19,22-23H2,1-6H3;/q-1;+2. The Morgan fingerprint density at radius 1 is 0.732 bits per heavy atom. The van der Waals surface area contributed by atoms with E-state index in [0.717, 1.165) is 54.8 Å². The van der Waals surface area contributed by atoms with Gasteiger partial charge >= 0.3 is 174 Å². The van der Waals surface area contributed by atoms with E-state index < -0.39 is 13.3 Å². The number of imidazole rings is 1. The van der Waals surface area contributed by atoms with Crippen molar-refractivity contribution in [1.82, 2.24) is 14.1 Å². The van der Waals surface area contributed by atoms with Crippen LogP contribution in [0, 0.1) is 12.1 Å². The van der Waals surface area contributed by atoms with E-state index in [2.05, 4.69) is 167 Å². The molecule has 3 heterocycles. The molecular formula is C49H49GeN4OPt+. The Bertz CT molecular complexity index is 2670. The Kier molecular flexibility index (Phi) is 10.4. The summed E-state index contributed by atoms with van der Waals surface area (Å²) in [6.07, 6.45) is 9.53. The summed E-state index contributed by atoms with van der Waals surface area (Å²) in [7, 11) is 0. The van der Waals surface area contributed by atoms with Crippen LogP contribution >= 0.6 is 0 Å². The third kappa shape index (κ3) is 7.29. The number of rotatable bonds is 7. The minimum atomic E-state index is -1.59. The van der Waals surface area contributed by atoms with E-state index in [9.17, 15) is 0 Å². The van der Waals surface area contributed by atoms with Crippen LogP contribution in [0.5, 0.6) is 11.5 Å². The van der Waals surface area contributed by atoms with E-state index in [0.29, 0.717) is 17.4 Å². The van der Waals surface area contributed by atoms with Crippen LogP contribution in [0.1, 0.15) is 63.5 Å². The molecule has 0 unspecified atom stereocenters. The van der Waals surface area contributed by atoms with Crippen LogP contribution in [-0.2, 0) is 26.5 Å². The Morgan fingerprint density at radius 3 is 2.20 bits per heavy atom. The third-order valence-corrected chi connectivity index (χ3v) is 18.2. The molecule has 0 N–H and O–H groups in total. The second-order valence-electron chi connectivity index (χ2n) is 17.4. The van der Waals surface area contributed by atoms with Crippen molar-refractivity contribution < 1.29 is 30.4 Å². The minimum absolute atomic E-state index is 0. The van der Waals surface area contributed by atoms with Gasteiger partial charge < -0.3 is 9.30 Å². The van der Waals surface area contributed by atoms with Gasteiger partial charge in [0, 0.05) is 23.2 Å². The zero-order chi connectivity index (χ0) is 37.9. The molecule has 0 radical (unpaired) electrons. The second-order valence-corrected chi connectivity index (χ2v) is 29.1. The molecule has 1 aliphatic rings. The van der Waals surface area contributed by atoms with Gasteiger partial charge in [-0.1, -0.05) is 56.6 Å². The van der Waals surface area contributed by atoms with Crippen molar-refractivity contribution in [3.05, 3.63) is 151 Å². The predicted molar refractivity (Wildman–Crippen MR) is 228 cm³/mol. The van der Waals surface area contributed by atoms with Gasteiger partial charge in [0.15, 0.2) is 0 Å². The van der Waals surface area contributed by atoms with Crippen LogP contribution in [0.3, 0.4) is 0 Å². The van der Waals surface area contributed by atoms with Gasteiger partial charge in [-0.15, -0.1) is 29.7 Å². The van der Waals surface area contributed by atoms with E-state index in [1.807, 2.05) is 24.4 Å². The summed E-state index contributed by atoms with van der Waals surface area (Å²) < 4.78 is 14.2. The number of nitrogens with zero attached hydrogens (tertiary/aromatic N) is 4. The minimum Gasteiger partial charge on any atom is -0.165 e. The fourth-order valence-electron chi connectivity index (χ4n) is 8.64.